The fourth-order valence-electron chi connectivity index (χ4n) is 2.89. The Morgan fingerprint density at radius 2 is 1.92 bits per heavy atom. The Bertz CT molecular complexity index is 724. The van der Waals surface area contributed by atoms with Gasteiger partial charge in [-0.1, -0.05) is 48.0 Å². The van der Waals surface area contributed by atoms with Crippen LogP contribution in [0.2, 0.25) is 0 Å². The molecule has 2 aromatic rings. The quantitative estimate of drug-likeness (QED) is 0.910. The van der Waals surface area contributed by atoms with Gasteiger partial charge in [-0.3, -0.25) is 4.79 Å². The molecule has 25 heavy (non-hydrogen) atoms. The number of benzene rings is 2. The zero-order valence-electron chi connectivity index (χ0n) is 14.0. The lowest BCUT2D eigenvalue weighted by Crippen LogP contribution is -2.46. The summed E-state index contributed by atoms with van der Waals surface area (Å²) in [6.07, 6.45) is -0.464. The Hall–Kier alpha value is -1.95. The van der Waals surface area contributed by atoms with Gasteiger partial charge >= 0.3 is 0 Å². The van der Waals surface area contributed by atoms with Crippen LogP contribution in [0.15, 0.2) is 48.5 Å². The first-order valence-corrected chi connectivity index (χ1v) is 8.03. The predicted octanol–water partition coefficient (Wildman–Crippen LogP) is 3.16. The van der Waals surface area contributed by atoms with Gasteiger partial charge in [0.1, 0.15) is 18.0 Å². The van der Waals surface area contributed by atoms with Crippen LogP contribution in [-0.2, 0) is 9.53 Å². The van der Waals surface area contributed by atoms with Gasteiger partial charge in [-0.15, -0.1) is 12.4 Å². The van der Waals surface area contributed by atoms with E-state index in [1.165, 1.54) is 6.07 Å². The Morgan fingerprint density at radius 3 is 2.60 bits per heavy atom. The molecule has 1 fully saturated rings. The number of morpholine rings is 1. The van der Waals surface area contributed by atoms with Crippen molar-refractivity contribution in [1.29, 1.82) is 0 Å². The molecule has 0 saturated carbocycles. The second kappa shape index (κ2) is 8.43. The molecule has 0 spiro atoms. The van der Waals surface area contributed by atoms with Gasteiger partial charge in [0.05, 0.1) is 13.2 Å². The topological polar surface area (TPSA) is 55.6 Å². The molecular formula is C19H22ClFN2O2. The lowest BCUT2D eigenvalue weighted by molar-refractivity contribution is -0.140. The molecule has 1 aliphatic rings. The molecule has 2 atom stereocenters. The maximum absolute atomic E-state index is 14.0. The number of nitrogens with two attached hydrogens (primary N) is 1. The highest BCUT2D eigenvalue weighted by Gasteiger charge is 2.30. The van der Waals surface area contributed by atoms with Crippen LogP contribution in [0.4, 0.5) is 4.39 Å². The van der Waals surface area contributed by atoms with Crippen LogP contribution in [0.3, 0.4) is 0 Å². The van der Waals surface area contributed by atoms with Gasteiger partial charge in [-0.2, -0.15) is 0 Å². The summed E-state index contributed by atoms with van der Waals surface area (Å²) in [7, 11) is 0. The molecule has 2 unspecified atom stereocenters. The van der Waals surface area contributed by atoms with Crippen LogP contribution < -0.4 is 5.73 Å². The van der Waals surface area contributed by atoms with E-state index in [2.05, 4.69) is 0 Å². The van der Waals surface area contributed by atoms with E-state index in [9.17, 15) is 9.18 Å². The summed E-state index contributed by atoms with van der Waals surface area (Å²) in [6, 6.07) is 13.4. The molecule has 0 aromatic heterocycles. The molecule has 1 amide bonds. The summed E-state index contributed by atoms with van der Waals surface area (Å²) in [6.45, 7) is 3.12. The minimum atomic E-state index is -0.718. The summed E-state index contributed by atoms with van der Waals surface area (Å²) in [4.78, 5) is 14.4. The lowest BCUT2D eigenvalue weighted by Gasteiger charge is -2.34. The molecule has 3 rings (SSSR count). The average molecular weight is 365 g/mol. The Labute approximate surface area is 153 Å². The molecule has 1 saturated heterocycles. The van der Waals surface area contributed by atoms with Crippen molar-refractivity contribution in [3.8, 4) is 0 Å². The van der Waals surface area contributed by atoms with Crippen molar-refractivity contribution in [2.45, 2.75) is 19.1 Å². The van der Waals surface area contributed by atoms with Gasteiger partial charge in [0.2, 0.25) is 5.91 Å². The van der Waals surface area contributed by atoms with E-state index in [0.29, 0.717) is 25.3 Å². The highest BCUT2D eigenvalue weighted by atomic mass is 35.5. The highest BCUT2D eigenvalue weighted by Crippen LogP contribution is 2.26. The van der Waals surface area contributed by atoms with Gasteiger partial charge in [-0.05, 0) is 18.6 Å². The maximum Gasteiger partial charge on any atom is 0.244 e. The number of carbonyl (C=O) groups is 1. The number of amides is 1. The van der Waals surface area contributed by atoms with E-state index in [-0.39, 0.29) is 24.1 Å². The lowest BCUT2D eigenvalue weighted by atomic mass is 10.0. The van der Waals surface area contributed by atoms with Crippen LogP contribution in [0, 0.1) is 12.7 Å². The Balaban J connectivity index is 0.00000225. The van der Waals surface area contributed by atoms with E-state index < -0.39 is 12.1 Å². The van der Waals surface area contributed by atoms with Gasteiger partial charge < -0.3 is 15.4 Å². The highest BCUT2D eigenvalue weighted by molar-refractivity contribution is 5.85. The van der Waals surface area contributed by atoms with Crippen molar-refractivity contribution >= 4 is 18.3 Å². The third-order valence-electron chi connectivity index (χ3n) is 4.33. The first kappa shape index (κ1) is 19.4. The second-order valence-electron chi connectivity index (χ2n) is 6.05. The van der Waals surface area contributed by atoms with Crippen molar-refractivity contribution in [3.05, 3.63) is 71.0 Å². The van der Waals surface area contributed by atoms with Crippen molar-refractivity contribution in [2.75, 3.05) is 19.7 Å². The zero-order valence-corrected chi connectivity index (χ0v) is 14.8. The third kappa shape index (κ3) is 4.37. The number of nitrogens with zero attached hydrogens (tertiary/aromatic N) is 1. The number of carbonyl (C=O) groups excluding carboxylic acids is 1. The normalized spacial score (nSPS) is 18.4. The van der Waals surface area contributed by atoms with Crippen molar-refractivity contribution in [3.63, 3.8) is 0 Å². The van der Waals surface area contributed by atoms with Gasteiger partial charge in [0.25, 0.3) is 0 Å². The molecule has 0 radical (unpaired) electrons. The van der Waals surface area contributed by atoms with Crippen molar-refractivity contribution < 1.29 is 13.9 Å². The first-order chi connectivity index (χ1) is 11.6. The summed E-state index contributed by atoms with van der Waals surface area (Å²) in [5.74, 6) is -0.483. The average Bonchev–Trinajstić information content (AvgIpc) is 2.61. The van der Waals surface area contributed by atoms with Crippen LogP contribution in [0.5, 0.6) is 0 Å². The molecule has 0 aliphatic carbocycles. The monoisotopic (exact) mass is 364 g/mol. The first-order valence-electron chi connectivity index (χ1n) is 8.03. The second-order valence-corrected chi connectivity index (χ2v) is 6.05. The number of aryl methyl sites for hydroxylation is 1. The van der Waals surface area contributed by atoms with E-state index in [4.69, 9.17) is 10.5 Å². The molecule has 134 valence electrons. The van der Waals surface area contributed by atoms with Crippen molar-refractivity contribution in [2.24, 2.45) is 5.73 Å². The smallest absolute Gasteiger partial charge is 0.244 e. The summed E-state index contributed by atoms with van der Waals surface area (Å²) in [5, 5.41) is 0. The van der Waals surface area contributed by atoms with Gasteiger partial charge in [-0.25, -0.2) is 4.39 Å². The van der Waals surface area contributed by atoms with Gasteiger partial charge in [0.15, 0.2) is 0 Å². The fourth-order valence-corrected chi connectivity index (χ4v) is 2.89. The Kier molecular flexibility index (Phi) is 6.53. The molecule has 2 aromatic carbocycles. The fraction of sp³-hybridized carbons (Fsp3) is 0.316. The Morgan fingerprint density at radius 1 is 1.24 bits per heavy atom. The molecule has 1 heterocycles. The largest absolute Gasteiger partial charge is 0.370 e. The number of hydrogen-bond acceptors (Lipinski definition) is 3. The molecular weight excluding hydrogens is 343 g/mol. The minimum absolute atomic E-state index is 0. The third-order valence-corrected chi connectivity index (χ3v) is 4.33. The minimum Gasteiger partial charge on any atom is -0.370 e. The molecule has 0 bridgehead atoms. The molecule has 1 aliphatic heterocycles. The summed E-state index contributed by atoms with van der Waals surface area (Å²) in [5.41, 5.74) is 8.49. The summed E-state index contributed by atoms with van der Waals surface area (Å²) < 4.78 is 19.6. The van der Waals surface area contributed by atoms with Crippen LogP contribution >= 0.6 is 12.4 Å². The van der Waals surface area contributed by atoms with Crippen LogP contribution in [0.1, 0.15) is 28.8 Å². The van der Waals surface area contributed by atoms with Crippen molar-refractivity contribution in [1.82, 2.24) is 4.90 Å². The zero-order chi connectivity index (χ0) is 17.1. The number of hydrogen-bond donors (Lipinski definition) is 1. The van der Waals surface area contributed by atoms with E-state index in [0.717, 1.165) is 11.1 Å². The van der Waals surface area contributed by atoms with Crippen LogP contribution in [0.25, 0.3) is 0 Å². The molecule has 4 nitrogen and oxygen atoms in total. The van der Waals surface area contributed by atoms with E-state index in [1.807, 2.05) is 31.2 Å². The van der Waals surface area contributed by atoms with Crippen LogP contribution in [-0.4, -0.2) is 30.5 Å². The van der Waals surface area contributed by atoms with E-state index in [1.54, 1.807) is 23.1 Å². The summed E-state index contributed by atoms with van der Waals surface area (Å²) >= 11 is 0. The molecule has 2 N–H and O–H groups in total. The van der Waals surface area contributed by atoms with Gasteiger partial charge in [0, 0.05) is 12.1 Å². The predicted molar refractivity (Wildman–Crippen MR) is 97.0 cm³/mol. The standard InChI is InChI=1S/C19H21FN2O2.ClH/c1-13-6-8-14(9-7-13)18(21)19(23)22-10-11-24-17(12-22)15-4-2-3-5-16(15)20;/h2-9,17-18H,10-12,21H2,1H3;1H. The van der Waals surface area contributed by atoms with E-state index >= 15 is 0 Å². The molecule has 6 heteroatoms. The SMILES string of the molecule is Cc1ccc(C(N)C(=O)N2CCOC(c3ccccc3F)C2)cc1.Cl. The number of rotatable bonds is 3. The maximum atomic E-state index is 14.0. The number of halogens is 2. The number of ether oxygens (including phenoxy) is 1.